The van der Waals surface area contributed by atoms with Crippen LogP contribution in [0.3, 0.4) is 0 Å². The SMILES string of the molecule is COC(=O)N1CCc2ccc3c(nc([C@H]4CC[C@](C)(C(=O)O)CC4)n3[C@@H](C)Cc3ccccc3)c2C1. The number of hydrogen-bond acceptors (Lipinski definition) is 4. The van der Waals surface area contributed by atoms with Crippen molar-refractivity contribution in [3.8, 4) is 0 Å². The fraction of sp³-hybridized carbons (Fsp3) is 0.483. The van der Waals surface area contributed by atoms with Gasteiger partial charge >= 0.3 is 12.1 Å². The highest BCUT2D eigenvalue weighted by atomic mass is 16.5. The van der Waals surface area contributed by atoms with Crippen LogP contribution in [-0.4, -0.2) is 45.3 Å². The molecule has 2 aromatic carbocycles. The highest BCUT2D eigenvalue weighted by Crippen LogP contribution is 2.44. The molecule has 7 nitrogen and oxygen atoms in total. The first-order valence-electron chi connectivity index (χ1n) is 12.9. The second kappa shape index (κ2) is 9.60. The van der Waals surface area contributed by atoms with Crippen molar-refractivity contribution in [1.82, 2.24) is 14.5 Å². The van der Waals surface area contributed by atoms with Gasteiger partial charge in [0.25, 0.3) is 0 Å². The Hall–Kier alpha value is -3.35. The third-order valence-corrected chi connectivity index (χ3v) is 8.31. The lowest BCUT2D eigenvalue weighted by molar-refractivity contribution is -0.150. The van der Waals surface area contributed by atoms with E-state index in [2.05, 4.69) is 47.9 Å². The zero-order valence-electron chi connectivity index (χ0n) is 21.4. The number of carbonyl (C=O) groups is 2. The number of methoxy groups -OCH3 is 1. The third-order valence-electron chi connectivity index (χ3n) is 8.31. The molecule has 1 aromatic heterocycles. The van der Waals surface area contributed by atoms with Gasteiger partial charge in [-0.2, -0.15) is 0 Å². The van der Waals surface area contributed by atoms with Crippen molar-refractivity contribution in [1.29, 1.82) is 0 Å². The number of rotatable bonds is 5. The summed E-state index contributed by atoms with van der Waals surface area (Å²) in [5, 5.41) is 9.73. The number of benzene rings is 2. The smallest absolute Gasteiger partial charge is 0.409 e. The summed E-state index contributed by atoms with van der Waals surface area (Å²) in [4.78, 5) is 31.1. The van der Waals surface area contributed by atoms with Gasteiger partial charge in [0.15, 0.2) is 0 Å². The van der Waals surface area contributed by atoms with E-state index in [1.54, 1.807) is 4.90 Å². The molecule has 2 aliphatic rings. The van der Waals surface area contributed by atoms with Crippen molar-refractivity contribution in [2.45, 2.75) is 70.9 Å². The van der Waals surface area contributed by atoms with Crippen molar-refractivity contribution in [2.75, 3.05) is 13.7 Å². The maximum Gasteiger partial charge on any atom is 0.409 e. The molecule has 36 heavy (non-hydrogen) atoms. The summed E-state index contributed by atoms with van der Waals surface area (Å²) in [5.74, 6) is 0.548. The van der Waals surface area contributed by atoms with Crippen molar-refractivity contribution in [2.24, 2.45) is 5.41 Å². The van der Waals surface area contributed by atoms with Gasteiger partial charge in [0.2, 0.25) is 0 Å². The number of amides is 1. The molecule has 1 saturated carbocycles. The van der Waals surface area contributed by atoms with Gasteiger partial charge in [-0.15, -0.1) is 0 Å². The molecule has 1 amide bonds. The average Bonchev–Trinajstić information content (AvgIpc) is 3.29. The Morgan fingerprint density at radius 3 is 2.56 bits per heavy atom. The van der Waals surface area contributed by atoms with Crippen LogP contribution in [0.15, 0.2) is 42.5 Å². The van der Waals surface area contributed by atoms with Crippen molar-refractivity contribution in [3.05, 3.63) is 65.0 Å². The molecular formula is C29H35N3O4. The standard InChI is InChI=1S/C29H35N3O4/c1-19(17-20-7-5-4-6-8-20)32-24-10-9-21-13-16-31(28(35)36-3)18-23(21)25(24)30-26(32)22-11-14-29(2,15-12-22)27(33)34/h4-10,19,22H,11-18H2,1-3H3,(H,33,34)/t19-,22-,29-/m0/s1. The van der Waals surface area contributed by atoms with E-state index in [0.29, 0.717) is 25.9 Å². The zero-order valence-corrected chi connectivity index (χ0v) is 21.4. The van der Waals surface area contributed by atoms with Gasteiger partial charge in [0.05, 0.1) is 30.1 Å². The van der Waals surface area contributed by atoms with E-state index in [9.17, 15) is 14.7 Å². The van der Waals surface area contributed by atoms with E-state index in [1.807, 2.05) is 13.0 Å². The first kappa shape index (κ1) is 24.3. The Morgan fingerprint density at radius 2 is 1.89 bits per heavy atom. The maximum atomic E-state index is 12.3. The predicted octanol–water partition coefficient (Wildman–Crippen LogP) is 5.71. The molecule has 7 heteroatoms. The molecule has 0 saturated heterocycles. The number of aliphatic carboxylic acids is 1. The summed E-state index contributed by atoms with van der Waals surface area (Å²) in [7, 11) is 1.42. The Morgan fingerprint density at radius 1 is 1.17 bits per heavy atom. The maximum absolute atomic E-state index is 12.3. The third kappa shape index (κ3) is 4.36. The van der Waals surface area contributed by atoms with Gasteiger partial charge in [0, 0.05) is 24.1 Å². The van der Waals surface area contributed by atoms with Crippen LogP contribution in [0.1, 0.15) is 74.0 Å². The lowest BCUT2D eigenvalue weighted by Gasteiger charge is -2.34. The van der Waals surface area contributed by atoms with E-state index < -0.39 is 11.4 Å². The lowest BCUT2D eigenvalue weighted by atomic mass is 9.71. The minimum Gasteiger partial charge on any atom is -0.481 e. The van der Waals surface area contributed by atoms with E-state index in [4.69, 9.17) is 9.72 Å². The molecule has 1 atom stereocenters. The van der Waals surface area contributed by atoms with Crippen molar-refractivity contribution >= 4 is 23.1 Å². The van der Waals surface area contributed by atoms with E-state index in [1.165, 1.54) is 18.2 Å². The summed E-state index contributed by atoms with van der Waals surface area (Å²) < 4.78 is 7.38. The second-order valence-corrected chi connectivity index (χ2v) is 10.7. The van der Waals surface area contributed by atoms with Crippen LogP contribution >= 0.6 is 0 Å². The van der Waals surface area contributed by atoms with E-state index in [-0.39, 0.29) is 18.1 Å². The predicted molar refractivity (Wildman–Crippen MR) is 138 cm³/mol. The fourth-order valence-corrected chi connectivity index (χ4v) is 6.02. The number of aromatic nitrogens is 2. The Kier molecular flexibility index (Phi) is 6.49. The fourth-order valence-electron chi connectivity index (χ4n) is 6.02. The quantitative estimate of drug-likeness (QED) is 0.496. The highest BCUT2D eigenvalue weighted by molar-refractivity contribution is 5.82. The van der Waals surface area contributed by atoms with Crippen LogP contribution in [0.2, 0.25) is 0 Å². The molecule has 1 N–H and O–H groups in total. The van der Waals surface area contributed by atoms with Gasteiger partial charge in [-0.3, -0.25) is 4.79 Å². The van der Waals surface area contributed by atoms with Gasteiger partial charge in [-0.1, -0.05) is 36.4 Å². The van der Waals surface area contributed by atoms with Gasteiger partial charge in [-0.25, -0.2) is 9.78 Å². The summed E-state index contributed by atoms with van der Waals surface area (Å²) in [6.45, 7) is 5.23. The minimum atomic E-state index is -0.705. The van der Waals surface area contributed by atoms with Gasteiger partial charge in [0.1, 0.15) is 5.82 Å². The minimum absolute atomic E-state index is 0.179. The molecule has 190 valence electrons. The largest absolute Gasteiger partial charge is 0.481 e. The number of carboxylic acids is 1. The van der Waals surface area contributed by atoms with Crippen LogP contribution in [-0.2, 0) is 28.9 Å². The van der Waals surface area contributed by atoms with Crippen LogP contribution in [0, 0.1) is 5.41 Å². The van der Waals surface area contributed by atoms with E-state index >= 15 is 0 Å². The topological polar surface area (TPSA) is 84.7 Å². The number of imidazole rings is 1. The molecule has 1 aliphatic carbocycles. The molecule has 5 rings (SSSR count). The van der Waals surface area contributed by atoms with Crippen LogP contribution in [0.5, 0.6) is 0 Å². The summed E-state index contributed by atoms with van der Waals surface area (Å²) in [5.41, 5.74) is 4.99. The number of ether oxygens (including phenoxy) is 1. The zero-order chi connectivity index (χ0) is 25.4. The summed E-state index contributed by atoms with van der Waals surface area (Å²) in [6, 6.07) is 15.0. The highest BCUT2D eigenvalue weighted by Gasteiger charge is 2.39. The van der Waals surface area contributed by atoms with Gasteiger partial charge in [-0.05, 0) is 69.6 Å². The first-order chi connectivity index (χ1) is 17.3. The molecule has 0 bridgehead atoms. The van der Waals surface area contributed by atoms with E-state index in [0.717, 1.165) is 48.1 Å². The number of fused-ring (bicyclic) bond motifs is 3. The van der Waals surface area contributed by atoms with Crippen LogP contribution in [0.4, 0.5) is 4.79 Å². The summed E-state index contributed by atoms with van der Waals surface area (Å²) in [6.07, 6.45) is 4.26. The first-order valence-corrected chi connectivity index (χ1v) is 12.9. The van der Waals surface area contributed by atoms with Crippen LogP contribution < -0.4 is 0 Å². The lowest BCUT2D eigenvalue weighted by Crippen LogP contribution is -2.35. The Bertz CT molecular complexity index is 1270. The number of hydrogen-bond donors (Lipinski definition) is 1. The van der Waals surface area contributed by atoms with Crippen LogP contribution in [0.25, 0.3) is 11.0 Å². The number of carboxylic acid groups (broad SMARTS) is 1. The average molecular weight is 490 g/mol. The molecule has 2 heterocycles. The molecule has 1 fully saturated rings. The van der Waals surface area contributed by atoms with Crippen molar-refractivity contribution in [3.63, 3.8) is 0 Å². The normalized spacial score (nSPS) is 22.8. The number of nitrogens with zero attached hydrogens (tertiary/aromatic N) is 3. The molecular weight excluding hydrogens is 454 g/mol. The number of carbonyl (C=O) groups excluding carboxylic acids is 1. The Labute approximate surface area is 212 Å². The monoisotopic (exact) mass is 489 g/mol. The summed E-state index contributed by atoms with van der Waals surface area (Å²) >= 11 is 0. The van der Waals surface area contributed by atoms with Crippen molar-refractivity contribution < 1.29 is 19.4 Å². The molecule has 0 unspecified atom stereocenters. The molecule has 1 aliphatic heterocycles. The second-order valence-electron chi connectivity index (χ2n) is 10.7. The Balaban J connectivity index is 1.57. The molecule has 0 spiro atoms. The van der Waals surface area contributed by atoms with Gasteiger partial charge < -0.3 is 19.3 Å². The molecule has 0 radical (unpaired) electrons. The molecule has 3 aromatic rings.